The first-order valence-electron chi connectivity index (χ1n) is 11.0. The summed E-state index contributed by atoms with van der Waals surface area (Å²) in [6, 6.07) is 6.39. The molecule has 30 heavy (non-hydrogen) atoms. The molecule has 1 amide bonds. The van der Waals surface area contributed by atoms with Gasteiger partial charge in [-0.2, -0.15) is 0 Å². The monoisotopic (exact) mass is 428 g/mol. The zero-order valence-electron chi connectivity index (χ0n) is 18.3. The third-order valence-corrected chi connectivity index (χ3v) is 7.48. The Morgan fingerprint density at radius 3 is 2.47 bits per heavy atom. The Morgan fingerprint density at radius 2 is 1.77 bits per heavy atom. The second-order valence-electron chi connectivity index (χ2n) is 8.25. The van der Waals surface area contributed by atoms with Gasteiger partial charge < -0.3 is 14.8 Å². The summed E-state index contributed by atoms with van der Waals surface area (Å²) in [5.74, 6) is 1.50. The second-order valence-corrected chi connectivity index (χ2v) is 9.35. The van der Waals surface area contributed by atoms with E-state index in [-0.39, 0.29) is 11.9 Å². The van der Waals surface area contributed by atoms with E-state index in [1.165, 1.54) is 53.7 Å². The molecule has 1 aliphatic carbocycles. The quantitative estimate of drug-likeness (QED) is 0.689. The minimum Gasteiger partial charge on any atom is -0.493 e. The number of fused-ring (bicyclic) bond motifs is 1. The van der Waals surface area contributed by atoms with Gasteiger partial charge in [0, 0.05) is 17.4 Å². The SMILES string of the molecule is COc1ccc(C(c2c(NC(C)=O)sc3c2CCCC3)N2CCCCC2)cc1OC. The third-order valence-electron chi connectivity index (χ3n) is 6.25. The van der Waals surface area contributed by atoms with Crippen molar-refractivity contribution >= 4 is 22.2 Å². The van der Waals surface area contributed by atoms with E-state index in [2.05, 4.69) is 22.3 Å². The molecule has 2 aliphatic rings. The van der Waals surface area contributed by atoms with Crippen molar-refractivity contribution in [1.29, 1.82) is 0 Å². The van der Waals surface area contributed by atoms with Crippen LogP contribution in [0.2, 0.25) is 0 Å². The van der Waals surface area contributed by atoms with Crippen molar-refractivity contribution in [2.45, 2.75) is 57.9 Å². The van der Waals surface area contributed by atoms with Crippen LogP contribution >= 0.6 is 11.3 Å². The number of nitrogens with one attached hydrogen (secondary N) is 1. The van der Waals surface area contributed by atoms with Gasteiger partial charge in [-0.15, -0.1) is 11.3 Å². The van der Waals surface area contributed by atoms with Gasteiger partial charge in [-0.3, -0.25) is 9.69 Å². The van der Waals surface area contributed by atoms with Crippen LogP contribution in [0.1, 0.15) is 66.6 Å². The van der Waals surface area contributed by atoms with Gasteiger partial charge in [-0.25, -0.2) is 0 Å². The fraction of sp³-hybridized carbons (Fsp3) is 0.542. The maximum Gasteiger partial charge on any atom is 0.221 e. The van der Waals surface area contributed by atoms with Gasteiger partial charge in [0.25, 0.3) is 0 Å². The van der Waals surface area contributed by atoms with Gasteiger partial charge in [0.15, 0.2) is 11.5 Å². The second kappa shape index (κ2) is 9.40. The van der Waals surface area contributed by atoms with Crippen LogP contribution in [0.15, 0.2) is 18.2 Å². The normalized spacial score (nSPS) is 17.8. The number of rotatable bonds is 6. The first-order chi connectivity index (χ1) is 14.6. The molecule has 1 fully saturated rings. The van der Waals surface area contributed by atoms with Gasteiger partial charge in [0.1, 0.15) is 5.00 Å². The fourth-order valence-electron chi connectivity index (χ4n) is 4.89. The number of carbonyl (C=O) groups excluding carboxylic acids is 1. The summed E-state index contributed by atoms with van der Waals surface area (Å²) in [5.41, 5.74) is 3.96. The molecule has 1 aliphatic heterocycles. The number of benzene rings is 1. The highest BCUT2D eigenvalue weighted by molar-refractivity contribution is 7.16. The number of hydrogen-bond donors (Lipinski definition) is 1. The van der Waals surface area contributed by atoms with Crippen molar-refractivity contribution in [2.24, 2.45) is 0 Å². The van der Waals surface area contributed by atoms with Crippen LogP contribution in [-0.4, -0.2) is 38.1 Å². The lowest BCUT2D eigenvalue weighted by atomic mass is 9.88. The van der Waals surface area contributed by atoms with Crippen molar-refractivity contribution in [1.82, 2.24) is 4.90 Å². The number of aryl methyl sites for hydroxylation is 1. The first-order valence-corrected chi connectivity index (χ1v) is 11.8. The molecule has 2 aromatic rings. The lowest BCUT2D eigenvalue weighted by Gasteiger charge is -2.36. The minimum absolute atomic E-state index is 0.000414. The number of nitrogens with zero attached hydrogens (tertiary/aromatic N) is 1. The third kappa shape index (κ3) is 4.21. The van der Waals surface area contributed by atoms with Crippen LogP contribution in [0.25, 0.3) is 0 Å². The van der Waals surface area contributed by atoms with Gasteiger partial charge in [0.05, 0.1) is 20.3 Å². The molecule has 0 radical (unpaired) electrons. The molecule has 0 saturated carbocycles. The Bertz CT molecular complexity index is 902. The van der Waals surface area contributed by atoms with Crippen LogP contribution in [0, 0.1) is 0 Å². The zero-order chi connectivity index (χ0) is 21.1. The van der Waals surface area contributed by atoms with Gasteiger partial charge in [-0.1, -0.05) is 12.5 Å². The maximum atomic E-state index is 12.0. The predicted molar refractivity (Wildman–Crippen MR) is 122 cm³/mol. The van der Waals surface area contributed by atoms with E-state index in [0.29, 0.717) is 0 Å². The number of methoxy groups -OCH3 is 2. The number of likely N-dealkylation sites (tertiary alicyclic amines) is 1. The van der Waals surface area contributed by atoms with E-state index < -0.39 is 0 Å². The highest BCUT2D eigenvalue weighted by atomic mass is 32.1. The van der Waals surface area contributed by atoms with E-state index in [1.807, 2.05) is 6.07 Å². The topological polar surface area (TPSA) is 50.8 Å². The van der Waals surface area contributed by atoms with Crippen molar-refractivity contribution in [3.63, 3.8) is 0 Å². The average molecular weight is 429 g/mol. The van der Waals surface area contributed by atoms with E-state index in [4.69, 9.17) is 9.47 Å². The summed E-state index contributed by atoms with van der Waals surface area (Å²) < 4.78 is 11.1. The van der Waals surface area contributed by atoms with E-state index >= 15 is 0 Å². The van der Waals surface area contributed by atoms with Gasteiger partial charge in [-0.05, 0) is 74.9 Å². The van der Waals surface area contributed by atoms with Crippen molar-refractivity contribution < 1.29 is 14.3 Å². The molecule has 2 heterocycles. The Balaban J connectivity index is 1.87. The summed E-state index contributed by atoms with van der Waals surface area (Å²) in [6.07, 6.45) is 8.38. The van der Waals surface area contributed by atoms with Crippen LogP contribution in [0.3, 0.4) is 0 Å². The van der Waals surface area contributed by atoms with Crippen LogP contribution in [0.4, 0.5) is 5.00 Å². The summed E-state index contributed by atoms with van der Waals surface area (Å²) in [7, 11) is 3.36. The summed E-state index contributed by atoms with van der Waals surface area (Å²) >= 11 is 1.78. The van der Waals surface area contributed by atoms with Crippen LogP contribution in [-0.2, 0) is 17.6 Å². The molecule has 1 aromatic carbocycles. The largest absolute Gasteiger partial charge is 0.493 e. The molecule has 5 nitrogen and oxygen atoms in total. The summed E-state index contributed by atoms with van der Waals surface area (Å²) in [5, 5.41) is 4.20. The smallest absolute Gasteiger partial charge is 0.221 e. The fourth-order valence-corrected chi connectivity index (χ4v) is 6.26. The number of amides is 1. The number of ether oxygens (including phenoxy) is 2. The molecule has 1 unspecified atom stereocenters. The first kappa shape index (κ1) is 21.2. The average Bonchev–Trinajstić information content (AvgIpc) is 3.11. The molecular weight excluding hydrogens is 396 g/mol. The van der Waals surface area contributed by atoms with Crippen molar-refractivity contribution in [2.75, 3.05) is 32.6 Å². The zero-order valence-corrected chi connectivity index (χ0v) is 19.1. The molecule has 1 atom stereocenters. The van der Waals surface area contributed by atoms with Gasteiger partial charge in [0.2, 0.25) is 5.91 Å². The number of hydrogen-bond acceptors (Lipinski definition) is 5. The van der Waals surface area contributed by atoms with Crippen molar-refractivity contribution in [3.8, 4) is 11.5 Å². The number of carbonyl (C=O) groups is 1. The van der Waals surface area contributed by atoms with E-state index in [0.717, 1.165) is 42.4 Å². The Kier molecular flexibility index (Phi) is 6.64. The molecule has 6 heteroatoms. The van der Waals surface area contributed by atoms with E-state index in [9.17, 15) is 4.79 Å². The standard InChI is InChI=1S/C24H32N2O3S/c1-16(27)25-24-22(18-9-5-6-10-21(18)30-24)23(26-13-7-4-8-14-26)17-11-12-19(28-2)20(15-17)29-3/h11-12,15,23H,4-10,13-14H2,1-3H3,(H,25,27). The summed E-state index contributed by atoms with van der Waals surface area (Å²) in [6.45, 7) is 3.75. The summed E-state index contributed by atoms with van der Waals surface area (Å²) in [4.78, 5) is 16.1. The molecular formula is C24H32N2O3S. The Hall–Kier alpha value is -2.05. The molecule has 1 saturated heterocycles. The molecule has 4 rings (SSSR count). The van der Waals surface area contributed by atoms with Crippen LogP contribution < -0.4 is 14.8 Å². The lowest BCUT2D eigenvalue weighted by Crippen LogP contribution is -2.35. The molecule has 1 N–H and O–H groups in total. The minimum atomic E-state index is -0.000414. The lowest BCUT2D eigenvalue weighted by molar-refractivity contribution is -0.114. The van der Waals surface area contributed by atoms with Crippen molar-refractivity contribution in [3.05, 3.63) is 39.8 Å². The number of piperidine rings is 1. The highest BCUT2D eigenvalue weighted by Crippen LogP contribution is 2.47. The Morgan fingerprint density at radius 1 is 1.03 bits per heavy atom. The number of anilines is 1. The number of thiophene rings is 1. The molecule has 162 valence electrons. The predicted octanol–water partition coefficient (Wildman–Crippen LogP) is 5.18. The van der Waals surface area contributed by atoms with Gasteiger partial charge >= 0.3 is 0 Å². The Labute approximate surface area is 183 Å². The van der Waals surface area contributed by atoms with E-state index in [1.54, 1.807) is 32.5 Å². The molecule has 1 aromatic heterocycles. The highest BCUT2D eigenvalue weighted by Gasteiger charge is 2.33. The maximum absolute atomic E-state index is 12.0. The van der Waals surface area contributed by atoms with Crippen LogP contribution in [0.5, 0.6) is 11.5 Å². The molecule has 0 spiro atoms. The molecule has 0 bridgehead atoms.